The molecule has 6 rings (SSSR count). The van der Waals surface area contributed by atoms with Gasteiger partial charge in [-0.1, -0.05) is 18.2 Å². The van der Waals surface area contributed by atoms with Gasteiger partial charge in [0.25, 0.3) is 11.8 Å². The number of piperazine rings is 1. The van der Waals surface area contributed by atoms with Crippen LogP contribution in [0.25, 0.3) is 10.9 Å². The summed E-state index contributed by atoms with van der Waals surface area (Å²) in [6.45, 7) is -0.722. The molecule has 1 aromatic heterocycles. The van der Waals surface area contributed by atoms with E-state index >= 15 is 8.78 Å². The highest BCUT2D eigenvalue weighted by Crippen LogP contribution is 2.40. The number of β-lactam (4-membered cyclic amide) rings is 1. The van der Waals surface area contributed by atoms with E-state index in [-0.39, 0.29) is 29.1 Å². The van der Waals surface area contributed by atoms with Crippen LogP contribution in [0.4, 0.5) is 18.9 Å². The van der Waals surface area contributed by atoms with Gasteiger partial charge in [-0.2, -0.15) is 0 Å². The number of nitrogens with one attached hydrogen (secondary N) is 1. The number of esters is 1. The largest absolute Gasteiger partial charge is 0.484 e. The van der Waals surface area contributed by atoms with Crippen LogP contribution >= 0.6 is 11.8 Å². The SMILES string of the molecule is CN1CCN(c2c(F)cc3c(=O)c(C(=O)OCC4=C(C(=O)O)N5C(=O)C(NC(=O)COc6ccccc6)[C@H]5SC4)cn(CCF)c3c2F)CC1. The van der Waals surface area contributed by atoms with Gasteiger partial charge in [0.15, 0.2) is 12.4 Å². The molecule has 2 atom stereocenters. The molecule has 2 saturated heterocycles. The molecule has 0 aliphatic carbocycles. The number of aliphatic carboxylic acids is 1. The maximum atomic E-state index is 15.9. The minimum absolute atomic E-state index is 0.00839. The number of nitrogens with zero attached hydrogens (tertiary/aromatic N) is 4. The minimum atomic E-state index is -1.48. The Morgan fingerprint density at radius 3 is 2.48 bits per heavy atom. The third kappa shape index (κ3) is 6.61. The van der Waals surface area contributed by atoms with Gasteiger partial charge in [0.05, 0.1) is 17.4 Å². The number of aromatic nitrogens is 1. The number of amides is 2. The van der Waals surface area contributed by atoms with E-state index in [1.165, 1.54) is 4.90 Å². The number of carboxylic acid groups (broad SMARTS) is 1. The second-order valence-corrected chi connectivity index (χ2v) is 13.0. The number of rotatable bonds is 11. The van der Waals surface area contributed by atoms with Crippen LogP contribution < -0.4 is 20.4 Å². The summed E-state index contributed by atoms with van der Waals surface area (Å²) in [5, 5.41) is 11.3. The number of aryl methyl sites for hydroxylation is 1. The Kier molecular flexibility index (Phi) is 10.1. The zero-order valence-electron chi connectivity index (χ0n) is 26.7. The molecule has 2 aromatic carbocycles. The number of carbonyl (C=O) groups excluding carboxylic acids is 3. The third-order valence-corrected chi connectivity index (χ3v) is 9.99. The number of carbonyl (C=O) groups is 4. The summed E-state index contributed by atoms with van der Waals surface area (Å²) in [5.74, 6) is -5.63. The number of pyridine rings is 1. The number of para-hydroxylation sites is 1. The Balaban J connectivity index is 1.19. The number of carboxylic acids is 1. The number of hydrogen-bond donors (Lipinski definition) is 2. The van der Waals surface area contributed by atoms with Crippen LogP contribution in [0.5, 0.6) is 5.75 Å². The van der Waals surface area contributed by atoms with Crippen LogP contribution in [-0.2, 0) is 25.7 Å². The van der Waals surface area contributed by atoms with Crippen molar-refractivity contribution in [3.8, 4) is 5.75 Å². The molecule has 1 unspecified atom stereocenters. The molecule has 4 heterocycles. The van der Waals surface area contributed by atoms with Crippen LogP contribution in [0.3, 0.4) is 0 Å². The van der Waals surface area contributed by atoms with Crippen LogP contribution in [0.15, 0.2) is 58.7 Å². The number of fused-ring (bicyclic) bond motifs is 2. The molecule has 3 aromatic rings. The fourth-order valence-electron chi connectivity index (χ4n) is 6.11. The number of halogens is 3. The van der Waals surface area contributed by atoms with Crippen molar-refractivity contribution in [3.05, 3.63) is 81.3 Å². The van der Waals surface area contributed by atoms with Crippen molar-refractivity contribution in [2.75, 3.05) is 63.8 Å². The lowest BCUT2D eigenvalue weighted by Crippen LogP contribution is -2.71. The maximum Gasteiger partial charge on any atom is 0.352 e. The van der Waals surface area contributed by atoms with Gasteiger partial charge in [0.2, 0.25) is 5.43 Å². The topological polar surface area (TPSA) is 151 Å². The van der Waals surface area contributed by atoms with Crippen LogP contribution in [0.1, 0.15) is 10.4 Å². The predicted octanol–water partition coefficient (Wildman–Crippen LogP) is 1.98. The van der Waals surface area contributed by atoms with Gasteiger partial charge in [0, 0.05) is 43.7 Å². The Morgan fingerprint density at radius 2 is 1.80 bits per heavy atom. The number of hydrogen-bond acceptors (Lipinski definition) is 10. The number of anilines is 1. The van der Waals surface area contributed by atoms with E-state index in [0.717, 1.165) is 33.5 Å². The fourth-order valence-corrected chi connectivity index (χ4v) is 7.44. The summed E-state index contributed by atoms with van der Waals surface area (Å²) in [7, 11) is 1.87. The molecule has 3 aliphatic rings. The zero-order chi connectivity index (χ0) is 35.7. The molecule has 0 saturated carbocycles. The first kappa shape index (κ1) is 34.8. The van der Waals surface area contributed by atoms with Crippen LogP contribution in [0, 0.1) is 11.6 Å². The van der Waals surface area contributed by atoms with Crippen molar-refractivity contribution < 1.29 is 46.9 Å². The van der Waals surface area contributed by atoms with Gasteiger partial charge >= 0.3 is 11.9 Å². The lowest BCUT2D eigenvalue weighted by Gasteiger charge is -2.49. The molecule has 3 aliphatic heterocycles. The first-order valence-corrected chi connectivity index (χ1v) is 16.6. The molecule has 2 N–H and O–H groups in total. The average Bonchev–Trinajstić information content (AvgIpc) is 3.10. The first-order valence-electron chi connectivity index (χ1n) is 15.6. The molecule has 264 valence electrons. The smallest absolute Gasteiger partial charge is 0.352 e. The standard InChI is InChI=1S/C33H32F3N5O8S/c1-38-9-11-39(12-10-38)28-22(35)13-20-27(24(28)36)40(8-7-34)14-21(29(20)43)33(47)49-15-18-17-50-31-25(30(44)41(31)26(18)32(45)46)37-23(42)16-48-19-5-3-2-4-6-19/h2-6,13-14,25,31H,7-12,15-17H2,1H3,(H,37,42)(H,45,46)/t25?,31-/m1/s1. The molecule has 13 nitrogen and oxygen atoms in total. The highest BCUT2D eigenvalue weighted by molar-refractivity contribution is 8.00. The summed E-state index contributed by atoms with van der Waals surface area (Å²) in [4.78, 5) is 68.8. The summed E-state index contributed by atoms with van der Waals surface area (Å²) in [5.41, 5.74) is -2.81. The first-order chi connectivity index (χ1) is 24.0. The Hall–Kier alpha value is -5.03. The highest BCUT2D eigenvalue weighted by atomic mass is 32.2. The van der Waals surface area contributed by atoms with Crippen molar-refractivity contribution in [2.24, 2.45) is 0 Å². The summed E-state index contributed by atoms with van der Waals surface area (Å²) >= 11 is 1.13. The molecule has 2 fully saturated rings. The number of thioether (sulfide) groups is 1. The van der Waals surface area contributed by atoms with Crippen molar-refractivity contribution in [1.82, 2.24) is 19.7 Å². The van der Waals surface area contributed by atoms with Crippen LogP contribution in [0.2, 0.25) is 0 Å². The Bertz CT molecular complexity index is 1950. The lowest BCUT2D eigenvalue weighted by atomic mass is 10.0. The molecule has 50 heavy (non-hydrogen) atoms. The molecule has 0 bridgehead atoms. The highest BCUT2D eigenvalue weighted by Gasteiger charge is 2.54. The molecular weight excluding hydrogens is 683 g/mol. The number of ether oxygens (including phenoxy) is 2. The summed E-state index contributed by atoms with van der Waals surface area (Å²) < 4.78 is 56.6. The van der Waals surface area contributed by atoms with Crippen molar-refractivity contribution in [2.45, 2.75) is 18.0 Å². The Labute approximate surface area is 287 Å². The van der Waals surface area contributed by atoms with Gasteiger partial charge < -0.3 is 34.3 Å². The third-order valence-electron chi connectivity index (χ3n) is 8.65. The number of alkyl halides is 1. The van der Waals surface area contributed by atoms with E-state index < -0.39 is 88.7 Å². The zero-order valence-corrected chi connectivity index (χ0v) is 27.5. The quantitative estimate of drug-likeness (QED) is 0.222. The van der Waals surface area contributed by atoms with E-state index in [0.29, 0.717) is 31.9 Å². The second-order valence-electron chi connectivity index (χ2n) is 11.9. The normalized spacial score (nSPS) is 19.2. The van der Waals surface area contributed by atoms with E-state index in [9.17, 15) is 33.5 Å². The predicted molar refractivity (Wildman–Crippen MR) is 176 cm³/mol. The average molecular weight is 716 g/mol. The van der Waals surface area contributed by atoms with Gasteiger partial charge in [-0.15, -0.1) is 11.8 Å². The Morgan fingerprint density at radius 1 is 1.08 bits per heavy atom. The van der Waals surface area contributed by atoms with Gasteiger partial charge in [-0.25, -0.2) is 22.8 Å². The molecule has 2 amide bonds. The monoisotopic (exact) mass is 715 g/mol. The maximum absolute atomic E-state index is 15.9. The van der Waals surface area contributed by atoms with Crippen molar-refractivity contribution >= 4 is 52.1 Å². The number of benzene rings is 2. The molecular formula is C33H32F3N5O8S. The van der Waals surface area contributed by atoms with E-state index in [2.05, 4.69) is 5.32 Å². The second kappa shape index (κ2) is 14.4. The fraction of sp³-hybridized carbons (Fsp3) is 0.364. The summed E-state index contributed by atoms with van der Waals surface area (Å²) in [6, 6.07) is 8.35. The molecule has 0 spiro atoms. The minimum Gasteiger partial charge on any atom is -0.484 e. The molecule has 17 heteroatoms. The molecule has 0 radical (unpaired) electrons. The van der Waals surface area contributed by atoms with Crippen molar-refractivity contribution in [1.29, 1.82) is 0 Å². The van der Waals surface area contributed by atoms with E-state index in [4.69, 9.17) is 9.47 Å². The summed E-state index contributed by atoms with van der Waals surface area (Å²) in [6.07, 6.45) is 0.938. The van der Waals surface area contributed by atoms with Gasteiger partial charge in [-0.3, -0.25) is 19.3 Å². The van der Waals surface area contributed by atoms with E-state index in [1.54, 1.807) is 30.3 Å². The van der Waals surface area contributed by atoms with Crippen LogP contribution in [-0.4, -0.2) is 114 Å². The van der Waals surface area contributed by atoms with E-state index in [1.807, 2.05) is 11.9 Å². The van der Waals surface area contributed by atoms with Gasteiger partial charge in [0.1, 0.15) is 53.2 Å². The van der Waals surface area contributed by atoms with Crippen molar-refractivity contribution in [3.63, 3.8) is 0 Å². The lowest BCUT2D eigenvalue weighted by molar-refractivity contribution is -0.151. The number of likely N-dealkylation sites (N-methyl/N-ethyl adjacent to an activating group) is 1. The van der Waals surface area contributed by atoms with Gasteiger partial charge in [-0.05, 0) is 25.2 Å².